The molecule has 0 aliphatic carbocycles. The summed E-state index contributed by atoms with van der Waals surface area (Å²) >= 11 is 0. The molecule has 0 aromatic rings. The van der Waals surface area contributed by atoms with Gasteiger partial charge in [0.25, 0.3) is 0 Å². The maximum Gasteiger partial charge on any atom is 0.305 e. The molecule has 34 heavy (non-hydrogen) atoms. The Kier molecular flexibility index (Phi) is 24.9. The van der Waals surface area contributed by atoms with Gasteiger partial charge in [-0.3, -0.25) is 4.79 Å². The van der Waals surface area contributed by atoms with Gasteiger partial charge in [-0.1, -0.05) is 0 Å². The van der Waals surface area contributed by atoms with Crippen LogP contribution in [0.4, 0.5) is 0 Å². The average molecular weight is 515 g/mol. The number of rotatable bonds is 28. The van der Waals surface area contributed by atoms with Crippen LogP contribution < -0.4 is 0 Å². The molecule has 0 spiro atoms. The van der Waals surface area contributed by atoms with E-state index in [-0.39, 0.29) is 13.0 Å². The molecule has 0 amide bonds. The fourth-order valence-corrected chi connectivity index (χ4v) is 2.90. The number of hydrogen-bond donors (Lipinski definition) is 1. The van der Waals surface area contributed by atoms with E-state index in [0.29, 0.717) is 106 Å². The molecule has 11 nitrogen and oxygen atoms in total. The number of carboxylic acid groups (broad SMARTS) is 1. The minimum absolute atomic E-state index is 0.00430. The quantitative estimate of drug-likeness (QED) is 0.121. The smallest absolute Gasteiger partial charge is 0.305 e. The van der Waals surface area contributed by atoms with Crippen LogP contribution in [0, 0.1) is 0 Å². The van der Waals surface area contributed by atoms with Crippen LogP contribution >= 0.6 is 0 Å². The molecule has 0 aromatic carbocycles. The van der Waals surface area contributed by atoms with Crippen molar-refractivity contribution in [1.82, 2.24) is 0 Å². The molecule has 1 N–H and O–H groups in total. The van der Waals surface area contributed by atoms with Crippen LogP contribution in [0.15, 0.2) is 0 Å². The lowest BCUT2D eigenvalue weighted by atomic mass is 10.5. The Morgan fingerprint density at radius 2 is 0.706 bits per heavy atom. The highest BCUT2D eigenvalue weighted by molar-refractivity contribution is 6.69. The lowest BCUT2D eigenvalue weighted by Crippen LogP contribution is -2.27. The van der Waals surface area contributed by atoms with Gasteiger partial charge in [0.15, 0.2) is 8.32 Å². The van der Waals surface area contributed by atoms with E-state index in [4.69, 9.17) is 47.4 Å². The van der Waals surface area contributed by atoms with E-state index < -0.39 is 14.3 Å². The van der Waals surface area contributed by atoms with Crippen LogP contribution in [-0.4, -0.2) is 132 Å². The van der Waals surface area contributed by atoms with Crippen LogP contribution in [0.5, 0.6) is 0 Å². The van der Waals surface area contributed by atoms with Gasteiger partial charge in [-0.2, -0.15) is 0 Å². The van der Waals surface area contributed by atoms with Gasteiger partial charge in [-0.05, 0) is 19.6 Å². The standard InChI is InChI=1S/C22H46O11Si/c1-34(2,3)33-21-20-32-19-18-31-17-16-30-15-14-29-13-12-28-11-10-27-9-8-26-7-6-25-5-4-22(23)24/h4-21H2,1-3H3,(H,23,24). The first-order chi connectivity index (χ1) is 16.4. The second-order valence-electron chi connectivity index (χ2n) is 8.00. The van der Waals surface area contributed by atoms with Crippen LogP contribution in [0.2, 0.25) is 19.6 Å². The summed E-state index contributed by atoms with van der Waals surface area (Å²) in [6, 6.07) is 0. The van der Waals surface area contributed by atoms with E-state index >= 15 is 0 Å². The van der Waals surface area contributed by atoms with Crippen LogP contribution in [0.25, 0.3) is 0 Å². The summed E-state index contributed by atoms with van der Waals surface area (Å²) < 4.78 is 48.6. The van der Waals surface area contributed by atoms with Gasteiger partial charge in [-0.25, -0.2) is 0 Å². The van der Waals surface area contributed by atoms with E-state index in [1.54, 1.807) is 0 Å². The van der Waals surface area contributed by atoms with Crippen molar-refractivity contribution < 1.29 is 52.2 Å². The molecule has 204 valence electrons. The van der Waals surface area contributed by atoms with Crippen molar-refractivity contribution in [3.8, 4) is 0 Å². The minimum Gasteiger partial charge on any atom is -0.481 e. The summed E-state index contributed by atoms with van der Waals surface area (Å²) in [6.07, 6.45) is 0.00430. The van der Waals surface area contributed by atoms with E-state index in [1.165, 1.54) is 0 Å². The zero-order chi connectivity index (χ0) is 25.2. The molecular formula is C22H46O11Si. The third kappa shape index (κ3) is 31.3. The minimum atomic E-state index is -1.45. The average Bonchev–Trinajstić information content (AvgIpc) is 2.77. The number of carbonyl (C=O) groups is 1. The van der Waals surface area contributed by atoms with E-state index in [2.05, 4.69) is 19.6 Å². The summed E-state index contributed by atoms with van der Waals surface area (Å²) in [5, 5.41) is 8.46. The first kappa shape index (κ1) is 33.3. The molecular weight excluding hydrogens is 468 g/mol. The molecule has 12 heteroatoms. The molecule has 0 heterocycles. The van der Waals surface area contributed by atoms with E-state index in [1.807, 2.05) is 0 Å². The number of hydrogen-bond acceptors (Lipinski definition) is 10. The molecule has 0 saturated carbocycles. The van der Waals surface area contributed by atoms with Gasteiger partial charge < -0.3 is 47.4 Å². The SMILES string of the molecule is C[Si](C)(C)OCCOCCOCCOCCOCCOCCOCCOCCOCCC(=O)O. The summed E-state index contributed by atoms with van der Waals surface area (Å²) in [5.41, 5.74) is 0. The third-order valence-electron chi connectivity index (χ3n) is 3.83. The Morgan fingerprint density at radius 1 is 0.471 bits per heavy atom. The maximum absolute atomic E-state index is 10.3. The Bertz CT molecular complexity index is 436. The highest BCUT2D eigenvalue weighted by Gasteiger charge is 2.13. The molecule has 0 bridgehead atoms. The van der Waals surface area contributed by atoms with Crippen molar-refractivity contribution in [2.45, 2.75) is 26.1 Å². The van der Waals surface area contributed by atoms with Crippen LogP contribution in [0.1, 0.15) is 6.42 Å². The molecule has 0 fully saturated rings. The van der Waals surface area contributed by atoms with Gasteiger partial charge in [0.2, 0.25) is 0 Å². The van der Waals surface area contributed by atoms with Gasteiger partial charge in [0.1, 0.15) is 0 Å². The fourth-order valence-electron chi connectivity index (χ4n) is 2.21. The topological polar surface area (TPSA) is 120 Å². The Balaban J connectivity index is 3.05. The lowest BCUT2D eigenvalue weighted by Gasteiger charge is -2.16. The molecule has 0 unspecified atom stereocenters. The predicted molar refractivity (Wildman–Crippen MR) is 128 cm³/mol. The molecule has 0 aliphatic rings. The molecule has 0 rings (SSSR count). The molecule has 0 saturated heterocycles. The predicted octanol–water partition coefficient (Wildman–Crippen LogP) is 1.45. The fraction of sp³-hybridized carbons (Fsp3) is 0.955. The zero-order valence-corrected chi connectivity index (χ0v) is 22.3. The lowest BCUT2D eigenvalue weighted by molar-refractivity contribution is -0.138. The van der Waals surface area contributed by atoms with Crippen molar-refractivity contribution in [1.29, 1.82) is 0 Å². The largest absolute Gasteiger partial charge is 0.481 e. The summed E-state index contributed by atoms with van der Waals surface area (Å²) in [4.78, 5) is 10.3. The molecule has 0 aliphatic heterocycles. The Labute approximate surface area is 205 Å². The third-order valence-corrected chi connectivity index (χ3v) is 4.90. The molecule has 0 atom stereocenters. The first-order valence-corrected chi connectivity index (χ1v) is 15.3. The summed E-state index contributed by atoms with van der Waals surface area (Å²) in [6.45, 7) is 14.8. The monoisotopic (exact) mass is 514 g/mol. The Morgan fingerprint density at radius 3 is 0.941 bits per heavy atom. The normalized spacial score (nSPS) is 11.9. The second kappa shape index (κ2) is 25.4. The second-order valence-corrected chi connectivity index (χ2v) is 12.5. The van der Waals surface area contributed by atoms with Gasteiger partial charge in [0.05, 0.1) is 119 Å². The van der Waals surface area contributed by atoms with Crippen LogP contribution in [-0.2, 0) is 47.1 Å². The molecule has 0 radical (unpaired) electrons. The number of ether oxygens (including phenoxy) is 8. The summed E-state index contributed by atoms with van der Waals surface area (Å²) in [5.74, 6) is -0.869. The Hall–Kier alpha value is -0.673. The number of carboxylic acids is 1. The number of aliphatic carboxylic acids is 1. The highest BCUT2D eigenvalue weighted by Crippen LogP contribution is 2.01. The molecule has 0 aromatic heterocycles. The first-order valence-electron chi connectivity index (χ1n) is 11.9. The van der Waals surface area contributed by atoms with Crippen molar-refractivity contribution in [2.24, 2.45) is 0 Å². The van der Waals surface area contributed by atoms with Crippen molar-refractivity contribution in [3.63, 3.8) is 0 Å². The van der Waals surface area contributed by atoms with Crippen molar-refractivity contribution >= 4 is 14.3 Å². The maximum atomic E-state index is 10.3. The van der Waals surface area contributed by atoms with Gasteiger partial charge in [-0.15, -0.1) is 0 Å². The van der Waals surface area contributed by atoms with Crippen LogP contribution in [0.3, 0.4) is 0 Å². The van der Waals surface area contributed by atoms with Gasteiger partial charge in [0, 0.05) is 0 Å². The van der Waals surface area contributed by atoms with Gasteiger partial charge >= 0.3 is 5.97 Å². The van der Waals surface area contributed by atoms with Crippen molar-refractivity contribution in [2.75, 3.05) is 112 Å². The van der Waals surface area contributed by atoms with E-state index in [9.17, 15) is 4.79 Å². The highest BCUT2D eigenvalue weighted by atomic mass is 28.4. The summed E-state index contributed by atoms with van der Waals surface area (Å²) in [7, 11) is -1.45. The van der Waals surface area contributed by atoms with Crippen molar-refractivity contribution in [3.05, 3.63) is 0 Å². The van der Waals surface area contributed by atoms with E-state index in [0.717, 1.165) is 0 Å². The zero-order valence-electron chi connectivity index (χ0n) is 21.3.